The van der Waals surface area contributed by atoms with Gasteiger partial charge in [0, 0.05) is 12.6 Å². The van der Waals surface area contributed by atoms with Crippen molar-refractivity contribution < 1.29 is 0 Å². The van der Waals surface area contributed by atoms with Crippen molar-refractivity contribution in [3.05, 3.63) is 22.6 Å². The first-order valence-electron chi connectivity index (χ1n) is 4.18. The van der Waals surface area contributed by atoms with Crippen LogP contribution in [0.3, 0.4) is 0 Å². The molecule has 0 atom stereocenters. The zero-order valence-corrected chi connectivity index (χ0v) is 8.90. The van der Waals surface area contributed by atoms with Gasteiger partial charge >= 0.3 is 0 Å². The van der Waals surface area contributed by atoms with E-state index in [1.165, 1.54) is 11.1 Å². The second-order valence-corrected chi connectivity index (χ2v) is 4.10. The minimum Gasteiger partial charge on any atom is -0.281 e. The molecule has 1 nitrogen and oxygen atoms in total. The molecule has 0 aliphatic carbocycles. The van der Waals surface area contributed by atoms with Crippen LogP contribution in [-0.4, -0.2) is 12.1 Å². The van der Waals surface area contributed by atoms with Gasteiger partial charge in [0.1, 0.15) is 5.04 Å². The van der Waals surface area contributed by atoms with Crippen molar-refractivity contribution in [1.82, 2.24) is 0 Å². The first-order chi connectivity index (χ1) is 5.66. The first-order valence-corrected chi connectivity index (χ1v) is 5.06. The number of hydrogen-bond acceptors (Lipinski definition) is 2. The monoisotopic (exact) mass is 181 g/mol. The molecule has 0 fully saturated rings. The molecule has 0 bridgehead atoms. The van der Waals surface area contributed by atoms with Crippen molar-refractivity contribution in [2.75, 3.05) is 7.05 Å². The third-order valence-corrected chi connectivity index (χ3v) is 3.04. The van der Waals surface area contributed by atoms with Crippen molar-refractivity contribution in [3.63, 3.8) is 0 Å². The van der Waals surface area contributed by atoms with Gasteiger partial charge in [-0.1, -0.05) is 31.2 Å². The summed E-state index contributed by atoms with van der Waals surface area (Å²) >= 11 is 1.71. The van der Waals surface area contributed by atoms with Crippen molar-refractivity contribution in [1.29, 1.82) is 0 Å². The molecular formula is C10H15NS. The lowest BCUT2D eigenvalue weighted by Crippen LogP contribution is -1.99. The number of rotatable bonds is 1. The molecule has 1 aliphatic rings. The van der Waals surface area contributed by atoms with Crippen LogP contribution < -0.4 is 0 Å². The summed E-state index contributed by atoms with van der Waals surface area (Å²) in [6, 6.07) is 0. The SMILES string of the molecule is CN=C1SC=C/C1=C(/C)C(C)C. The van der Waals surface area contributed by atoms with E-state index >= 15 is 0 Å². The Kier molecular flexibility index (Phi) is 3.15. The summed E-state index contributed by atoms with van der Waals surface area (Å²) in [4.78, 5) is 4.23. The van der Waals surface area contributed by atoms with Crippen molar-refractivity contribution in [2.24, 2.45) is 10.9 Å². The number of thioether (sulfide) groups is 1. The molecule has 12 heavy (non-hydrogen) atoms. The zero-order valence-electron chi connectivity index (χ0n) is 8.09. The van der Waals surface area contributed by atoms with Gasteiger partial charge in [0.05, 0.1) is 0 Å². The average molecular weight is 181 g/mol. The second kappa shape index (κ2) is 3.94. The molecule has 66 valence electrons. The lowest BCUT2D eigenvalue weighted by Gasteiger charge is -2.08. The maximum atomic E-state index is 4.23. The smallest absolute Gasteiger partial charge is 0.101 e. The van der Waals surface area contributed by atoms with E-state index in [0.717, 1.165) is 5.04 Å². The number of allylic oxidation sites excluding steroid dienone is 2. The Morgan fingerprint density at radius 3 is 2.67 bits per heavy atom. The van der Waals surface area contributed by atoms with E-state index in [0.29, 0.717) is 5.92 Å². The summed E-state index contributed by atoms with van der Waals surface area (Å²) in [6.45, 7) is 6.61. The summed E-state index contributed by atoms with van der Waals surface area (Å²) < 4.78 is 0. The Labute approximate surface area is 78.7 Å². The van der Waals surface area contributed by atoms with E-state index in [2.05, 4.69) is 37.2 Å². The molecule has 0 aromatic rings. The Morgan fingerprint density at radius 2 is 2.17 bits per heavy atom. The molecule has 0 saturated heterocycles. The van der Waals surface area contributed by atoms with Gasteiger partial charge in [0.25, 0.3) is 0 Å². The van der Waals surface area contributed by atoms with E-state index in [1.54, 1.807) is 11.8 Å². The Balaban J connectivity index is 3.00. The van der Waals surface area contributed by atoms with Crippen LogP contribution in [0.25, 0.3) is 0 Å². The van der Waals surface area contributed by atoms with Gasteiger partial charge in [0.15, 0.2) is 0 Å². The van der Waals surface area contributed by atoms with Gasteiger partial charge in [-0.15, -0.1) is 0 Å². The fourth-order valence-electron chi connectivity index (χ4n) is 1.09. The molecule has 0 saturated carbocycles. The molecule has 0 unspecified atom stereocenters. The largest absolute Gasteiger partial charge is 0.281 e. The quantitative estimate of drug-likeness (QED) is 0.605. The highest BCUT2D eigenvalue weighted by molar-refractivity contribution is 8.17. The van der Waals surface area contributed by atoms with Gasteiger partial charge in [0.2, 0.25) is 0 Å². The van der Waals surface area contributed by atoms with Crippen LogP contribution in [0.2, 0.25) is 0 Å². The van der Waals surface area contributed by atoms with E-state index in [1.807, 2.05) is 7.05 Å². The molecule has 0 N–H and O–H groups in total. The highest BCUT2D eigenvalue weighted by Crippen LogP contribution is 2.28. The molecule has 1 aliphatic heterocycles. The van der Waals surface area contributed by atoms with Crippen LogP contribution >= 0.6 is 11.8 Å². The molecule has 2 heteroatoms. The number of aliphatic imine (C=N–C) groups is 1. The van der Waals surface area contributed by atoms with Gasteiger partial charge in [-0.25, -0.2) is 0 Å². The normalized spacial score (nSPS) is 24.2. The Morgan fingerprint density at radius 1 is 1.50 bits per heavy atom. The Bertz CT molecular complexity index is 259. The highest BCUT2D eigenvalue weighted by atomic mass is 32.2. The lowest BCUT2D eigenvalue weighted by molar-refractivity contribution is 0.766. The van der Waals surface area contributed by atoms with Crippen LogP contribution in [0, 0.1) is 5.92 Å². The van der Waals surface area contributed by atoms with Crippen LogP contribution in [-0.2, 0) is 0 Å². The molecule has 0 radical (unpaired) electrons. The third-order valence-electron chi connectivity index (χ3n) is 2.14. The van der Waals surface area contributed by atoms with Crippen molar-refractivity contribution >= 4 is 16.8 Å². The van der Waals surface area contributed by atoms with Gasteiger partial charge in [-0.3, -0.25) is 4.99 Å². The van der Waals surface area contributed by atoms with E-state index in [-0.39, 0.29) is 0 Å². The first kappa shape index (κ1) is 9.59. The van der Waals surface area contributed by atoms with E-state index in [4.69, 9.17) is 0 Å². The molecular weight excluding hydrogens is 166 g/mol. The van der Waals surface area contributed by atoms with E-state index in [9.17, 15) is 0 Å². The fraction of sp³-hybridized carbons (Fsp3) is 0.500. The fourth-order valence-corrected chi connectivity index (χ4v) is 1.88. The van der Waals surface area contributed by atoms with Crippen molar-refractivity contribution in [2.45, 2.75) is 20.8 Å². The summed E-state index contributed by atoms with van der Waals surface area (Å²) in [6.07, 6.45) is 2.16. The zero-order chi connectivity index (χ0) is 9.14. The molecule has 1 heterocycles. The highest BCUT2D eigenvalue weighted by Gasteiger charge is 2.13. The maximum Gasteiger partial charge on any atom is 0.101 e. The number of nitrogens with zero attached hydrogens (tertiary/aromatic N) is 1. The molecule has 0 amide bonds. The minimum absolute atomic E-state index is 0.611. The van der Waals surface area contributed by atoms with Crippen molar-refractivity contribution in [3.8, 4) is 0 Å². The van der Waals surface area contributed by atoms with E-state index < -0.39 is 0 Å². The van der Waals surface area contributed by atoms with Crippen LogP contribution in [0.1, 0.15) is 20.8 Å². The molecule has 0 aromatic heterocycles. The van der Waals surface area contributed by atoms with Crippen LogP contribution in [0.15, 0.2) is 27.6 Å². The molecule has 0 spiro atoms. The maximum absolute atomic E-state index is 4.23. The summed E-state index contributed by atoms with van der Waals surface area (Å²) in [5.74, 6) is 0.611. The predicted octanol–water partition coefficient (Wildman–Crippen LogP) is 3.25. The minimum atomic E-state index is 0.611. The Hall–Kier alpha value is -0.500. The van der Waals surface area contributed by atoms with Gasteiger partial charge < -0.3 is 0 Å². The summed E-state index contributed by atoms with van der Waals surface area (Å²) in [7, 11) is 1.85. The molecule has 0 aromatic carbocycles. The standard InChI is InChI=1S/C10H15NS/c1-7(2)8(3)9-5-6-12-10(9)11-4/h5-7H,1-4H3/b9-8+,11-10?. The average Bonchev–Trinajstić information content (AvgIpc) is 2.49. The lowest BCUT2D eigenvalue weighted by atomic mass is 9.99. The van der Waals surface area contributed by atoms with Crippen LogP contribution in [0.5, 0.6) is 0 Å². The van der Waals surface area contributed by atoms with Gasteiger partial charge in [-0.05, 0) is 24.3 Å². The predicted molar refractivity (Wildman–Crippen MR) is 57.6 cm³/mol. The number of hydrogen-bond donors (Lipinski definition) is 0. The second-order valence-electron chi connectivity index (χ2n) is 3.20. The van der Waals surface area contributed by atoms with Gasteiger partial charge in [-0.2, -0.15) is 0 Å². The molecule has 1 rings (SSSR count). The van der Waals surface area contributed by atoms with Crippen LogP contribution in [0.4, 0.5) is 0 Å². The third kappa shape index (κ3) is 1.81. The topological polar surface area (TPSA) is 12.4 Å². The summed E-state index contributed by atoms with van der Waals surface area (Å²) in [5, 5.41) is 3.25. The summed E-state index contributed by atoms with van der Waals surface area (Å²) in [5.41, 5.74) is 2.74.